The molecule has 2 aromatic rings. The van der Waals surface area contributed by atoms with Crippen LogP contribution in [-0.4, -0.2) is 18.2 Å². The maximum Gasteiger partial charge on any atom is 0.220 e. The fourth-order valence-corrected chi connectivity index (χ4v) is 3.47. The van der Waals surface area contributed by atoms with Crippen molar-refractivity contribution in [2.75, 3.05) is 12.3 Å². The highest BCUT2D eigenvalue weighted by atomic mass is 35.5. The number of amides is 1. The molecule has 0 aliphatic rings. The third-order valence-electron chi connectivity index (χ3n) is 3.36. The molecule has 1 amide bonds. The molecule has 2 nitrogen and oxygen atoms in total. The van der Waals surface area contributed by atoms with E-state index in [9.17, 15) is 4.79 Å². The average Bonchev–Trinajstić information content (AvgIpc) is 2.55. The number of carbonyl (C=O) groups is 1. The summed E-state index contributed by atoms with van der Waals surface area (Å²) in [7, 11) is 0. The van der Waals surface area contributed by atoms with Crippen LogP contribution in [-0.2, 0) is 17.0 Å². The Balaban J connectivity index is 1.60. The van der Waals surface area contributed by atoms with Crippen LogP contribution in [0.5, 0.6) is 0 Å². The van der Waals surface area contributed by atoms with Crippen LogP contribution < -0.4 is 5.32 Å². The first-order chi connectivity index (χ1) is 11.2. The third kappa shape index (κ3) is 6.46. The van der Waals surface area contributed by atoms with Crippen molar-refractivity contribution in [2.24, 2.45) is 0 Å². The fraction of sp³-hybridized carbons (Fsp3) is 0.278. The molecular formula is C18H19Cl2NOS. The van der Waals surface area contributed by atoms with Gasteiger partial charge in [-0.3, -0.25) is 4.79 Å². The lowest BCUT2D eigenvalue weighted by Crippen LogP contribution is -2.25. The smallest absolute Gasteiger partial charge is 0.220 e. The van der Waals surface area contributed by atoms with E-state index < -0.39 is 0 Å². The molecule has 2 rings (SSSR count). The molecule has 0 aliphatic heterocycles. The largest absolute Gasteiger partial charge is 0.355 e. The van der Waals surface area contributed by atoms with Gasteiger partial charge in [0.15, 0.2) is 0 Å². The minimum absolute atomic E-state index is 0.0586. The van der Waals surface area contributed by atoms with Crippen LogP contribution in [0.3, 0.4) is 0 Å². The summed E-state index contributed by atoms with van der Waals surface area (Å²) in [4.78, 5) is 11.8. The Labute approximate surface area is 151 Å². The van der Waals surface area contributed by atoms with Crippen LogP contribution in [0.1, 0.15) is 17.5 Å². The average molecular weight is 368 g/mol. The molecule has 23 heavy (non-hydrogen) atoms. The van der Waals surface area contributed by atoms with Gasteiger partial charge >= 0.3 is 0 Å². The van der Waals surface area contributed by atoms with Crippen molar-refractivity contribution in [1.82, 2.24) is 5.32 Å². The molecule has 0 atom stereocenters. The van der Waals surface area contributed by atoms with Crippen molar-refractivity contribution in [3.8, 4) is 0 Å². The van der Waals surface area contributed by atoms with Gasteiger partial charge in [-0.2, -0.15) is 11.8 Å². The quantitative estimate of drug-likeness (QED) is 0.666. The second-order valence-corrected chi connectivity index (χ2v) is 7.00. The zero-order valence-electron chi connectivity index (χ0n) is 12.7. The molecule has 0 radical (unpaired) electrons. The van der Waals surface area contributed by atoms with Crippen LogP contribution in [0.15, 0.2) is 48.5 Å². The van der Waals surface area contributed by atoms with E-state index in [4.69, 9.17) is 23.2 Å². The summed E-state index contributed by atoms with van der Waals surface area (Å²) >= 11 is 13.9. The number of hydrogen-bond donors (Lipinski definition) is 1. The van der Waals surface area contributed by atoms with Gasteiger partial charge in [-0.15, -0.1) is 0 Å². The molecule has 1 N–H and O–H groups in total. The van der Waals surface area contributed by atoms with E-state index in [-0.39, 0.29) is 5.91 Å². The minimum Gasteiger partial charge on any atom is -0.355 e. The van der Waals surface area contributed by atoms with Gasteiger partial charge in [-0.25, -0.2) is 0 Å². The summed E-state index contributed by atoms with van der Waals surface area (Å²) < 4.78 is 0. The number of rotatable bonds is 8. The number of carbonyl (C=O) groups excluding carboxylic acids is 1. The SMILES string of the molecule is O=C(CCc1ccccc1Cl)NCCSCc1ccccc1Cl. The lowest BCUT2D eigenvalue weighted by molar-refractivity contribution is -0.120. The van der Waals surface area contributed by atoms with E-state index in [0.29, 0.717) is 19.4 Å². The molecule has 122 valence electrons. The Hall–Kier alpha value is -1.16. The summed E-state index contributed by atoms with van der Waals surface area (Å²) in [6, 6.07) is 15.5. The van der Waals surface area contributed by atoms with E-state index in [2.05, 4.69) is 5.32 Å². The number of hydrogen-bond acceptors (Lipinski definition) is 2. The predicted molar refractivity (Wildman–Crippen MR) is 100 cm³/mol. The second-order valence-electron chi connectivity index (χ2n) is 5.09. The van der Waals surface area contributed by atoms with E-state index in [1.165, 1.54) is 0 Å². The summed E-state index contributed by atoms with van der Waals surface area (Å²) in [5.74, 6) is 1.78. The highest BCUT2D eigenvalue weighted by Gasteiger charge is 2.04. The van der Waals surface area contributed by atoms with Crippen molar-refractivity contribution >= 4 is 40.9 Å². The molecule has 0 aliphatic carbocycles. The van der Waals surface area contributed by atoms with Gasteiger partial charge in [0.2, 0.25) is 5.91 Å². The molecule has 0 saturated heterocycles. The summed E-state index contributed by atoms with van der Waals surface area (Å²) in [6.07, 6.45) is 1.12. The number of aryl methyl sites for hydroxylation is 1. The van der Waals surface area contributed by atoms with Gasteiger partial charge in [-0.05, 0) is 29.7 Å². The standard InChI is InChI=1S/C18H19Cl2NOS/c19-16-7-3-1-5-14(16)9-10-18(22)21-11-12-23-13-15-6-2-4-8-17(15)20/h1-8H,9-13H2,(H,21,22). The first-order valence-corrected chi connectivity index (χ1v) is 9.39. The molecule has 0 heterocycles. The van der Waals surface area contributed by atoms with Gasteiger partial charge < -0.3 is 5.32 Å². The highest BCUT2D eigenvalue weighted by molar-refractivity contribution is 7.98. The highest BCUT2D eigenvalue weighted by Crippen LogP contribution is 2.20. The second kappa shape index (κ2) is 9.86. The number of benzene rings is 2. The molecule has 2 aromatic carbocycles. The molecule has 0 bridgehead atoms. The molecular weight excluding hydrogens is 349 g/mol. The monoisotopic (exact) mass is 367 g/mol. The molecule has 0 saturated carbocycles. The molecule has 0 aromatic heterocycles. The van der Waals surface area contributed by atoms with Crippen molar-refractivity contribution in [3.05, 3.63) is 69.7 Å². The van der Waals surface area contributed by atoms with Crippen molar-refractivity contribution in [2.45, 2.75) is 18.6 Å². The normalized spacial score (nSPS) is 10.5. The van der Waals surface area contributed by atoms with Gasteiger partial charge in [0, 0.05) is 34.5 Å². The Bertz CT molecular complexity index is 648. The molecule has 0 unspecified atom stereocenters. The lowest BCUT2D eigenvalue weighted by Gasteiger charge is -2.07. The topological polar surface area (TPSA) is 29.1 Å². The molecule has 0 fully saturated rings. The zero-order chi connectivity index (χ0) is 16.5. The number of halogens is 2. The van der Waals surface area contributed by atoms with E-state index in [1.807, 2.05) is 48.5 Å². The Morgan fingerprint density at radius 1 is 0.957 bits per heavy atom. The van der Waals surface area contributed by atoms with Gasteiger partial charge in [-0.1, -0.05) is 59.6 Å². The first kappa shape index (κ1) is 18.2. The van der Waals surface area contributed by atoms with Gasteiger partial charge in [0.1, 0.15) is 0 Å². The maximum atomic E-state index is 11.8. The number of nitrogens with one attached hydrogen (secondary N) is 1. The van der Waals surface area contributed by atoms with Gasteiger partial charge in [0.05, 0.1) is 0 Å². The predicted octanol–water partition coefficient (Wildman–Crippen LogP) is 4.98. The number of thioether (sulfide) groups is 1. The first-order valence-electron chi connectivity index (χ1n) is 7.48. The maximum absolute atomic E-state index is 11.8. The summed E-state index contributed by atoms with van der Waals surface area (Å²) in [5, 5.41) is 4.45. The Morgan fingerprint density at radius 3 is 2.22 bits per heavy atom. The van der Waals surface area contributed by atoms with Crippen LogP contribution in [0, 0.1) is 0 Å². The van der Waals surface area contributed by atoms with Crippen molar-refractivity contribution < 1.29 is 4.79 Å². The zero-order valence-corrected chi connectivity index (χ0v) is 15.1. The van der Waals surface area contributed by atoms with Crippen LogP contribution in [0.25, 0.3) is 0 Å². The Kier molecular flexibility index (Phi) is 7.80. The van der Waals surface area contributed by atoms with E-state index in [1.54, 1.807) is 11.8 Å². The third-order valence-corrected chi connectivity index (χ3v) is 5.11. The van der Waals surface area contributed by atoms with Crippen molar-refractivity contribution in [3.63, 3.8) is 0 Å². The lowest BCUT2D eigenvalue weighted by atomic mass is 10.1. The Morgan fingerprint density at radius 2 is 1.57 bits per heavy atom. The molecule has 5 heteroatoms. The summed E-state index contributed by atoms with van der Waals surface area (Å²) in [6.45, 7) is 0.663. The van der Waals surface area contributed by atoms with Gasteiger partial charge in [0.25, 0.3) is 0 Å². The van der Waals surface area contributed by atoms with E-state index in [0.717, 1.165) is 32.7 Å². The summed E-state index contributed by atoms with van der Waals surface area (Å²) in [5.41, 5.74) is 2.14. The molecule has 0 spiro atoms. The minimum atomic E-state index is 0.0586. The van der Waals surface area contributed by atoms with Crippen LogP contribution in [0.4, 0.5) is 0 Å². The van der Waals surface area contributed by atoms with Crippen LogP contribution >= 0.6 is 35.0 Å². The van der Waals surface area contributed by atoms with Crippen LogP contribution in [0.2, 0.25) is 10.0 Å². The fourth-order valence-electron chi connectivity index (χ4n) is 2.10. The van der Waals surface area contributed by atoms with Crippen molar-refractivity contribution in [1.29, 1.82) is 0 Å². The van der Waals surface area contributed by atoms with E-state index >= 15 is 0 Å².